The van der Waals surface area contributed by atoms with Crippen molar-refractivity contribution in [3.63, 3.8) is 0 Å². The quantitative estimate of drug-likeness (QED) is 0.509. The Morgan fingerprint density at radius 2 is 1.89 bits per heavy atom. The molecule has 150 valence electrons. The maximum atomic E-state index is 12.3. The van der Waals surface area contributed by atoms with E-state index in [1.54, 1.807) is 7.05 Å². The highest BCUT2D eigenvalue weighted by molar-refractivity contribution is 5.81. The van der Waals surface area contributed by atoms with Crippen LogP contribution >= 0.6 is 0 Å². The van der Waals surface area contributed by atoms with Crippen molar-refractivity contribution < 1.29 is 4.79 Å². The van der Waals surface area contributed by atoms with E-state index in [2.05, 4.69) is 52.1 Å². The van der Waals surface area contributed by atoms with Crippen molar-refractivity contribution >= 4 is 11.9 Å². The molecule has 2 unspecified atom stereocenters. The van der Waals surface area contributed by atoms with E-state index in [1.165, 1.54) is 11.1 Å². The number of nitrogens with one attached hydrogen (secondary N) is 3. The van der Waals surface area contributed by atoms with E-state index in [0.717, 1.165) is 51.0 Å². The zero-order valence-corrected chi connectivity index (χ0v) is 17.3. The van der Waals surface area contributed by atoms with Crippen LogP contribution in [0.25, 0.3) is 0 Å². The summed E-state index contributed by atoms with van der Waals surface area (Å²) in [5.74, 6) is 1.12. The predicted molar refractivity (Wildman–Crippen MR) is 113 cm³/mol. The molecule has 5 heteroatoms. The molecule has 5 nitrogen and oxygen atoms in total. The van der Waals surface area contributed by atoms with Gasteiger partial charge in [0.2, 0.25) is 5.91 Å². The molecule has 1 amide bonds. The molecule has 0 aromatic heterocycles. The monoisotopic (exact) mass is 372 g/mol. The maximum Gasteiger partial charge on any atom is 0.223 e. The summed E-state index contributed by atoms with van der Waals surface area (Å²) < 4.78 is 0. The van der Waals surface area contributed by atoms with Crippen molar-refractivity contribution in [1.82, 2.24) is 16.0 Å². The molecule has 0 saturated heterocycles. The Labute approximate surface area is 164 Å². The summed E-state index contributed by atoms with van der Waals surface area (Å²) in [6.07, 6.45) is 6.06. The summed E-state index contributed by atoms with van der Waals surface area (Å²) in [7, 11) is 1.80. The number of aliphatic imine (C=N–C) groups is 1. The van der Waals surface area contributed by atoms with Gasteiger partial charge in [-0.05, 0) is 57.1 Å². The lowest BCUT2D eigenvalue weighted by Gasteiger charge is -2.30. The van der Waals surface area contributed by atoms with Gasteiger partial charge in [0.05, 0.1) is 0 Å². The SMILES string of the molecule is CCc1ccc(CCNC(=NC)NC2CCCC(C(=O)NC(C)C)C2)cc1. The first kappa shape index (κ1) is 21.3. The van der Waals surface area contributed by atoms with Crippen molar-refractivity contribution in [2.45, 2.75) is 71.4 Å². The van der Waals surface area contributed by atoms with E-state index in [0.29, 0.717) is 6.04 Å². The smallest absolute Gasteiger partial charge is 0.223 e. The second kappa shape index (κ2) is 11.0. The minimum Gasteiger partial charge on any atom is -0.356 e. The molecule has 2 rings (SSSR count). The van der Waals surface area contributed by atoms with E-state index < -0.39 is 0 Å². The zero-order chi connectivity index (χ0) is 19.6. The normalized spacial score (nSPS) is 20.4. The van der Waals surface area contributed by atoms with Crippen LogP contribution in [0.15, 0.2) is 29.3 Å². The predicted octanol–water partition coefficient (Wildman–Crippen LogP) is 3.04. The van der Waals surface area contributed by atoms with Crippen LogP contribution in [0.1, 0.15) is 57.6 Å². The molecule has 0 radical (unpaired) electrons. The largest absolute Gasteiger partial charge is 0.356 e. The summed E-state index contributed by atoms with van der Waals surface area (Å²) in [4.78, 5) is 16.7. The van der Waals surface area contributed by atoms with E-state index in [9.17, 15) is 4.79 Å². The molecule has 1 aromatic carbocycles. The third-order valence-electron chi connectivity index (χ3n) is 5.18. The fourth-order valence-corrected chi connectivity index (χ4v) is 3.62. The summed E-state index contributed by atoms with van der Waals surface area (Å²) in [6, 6.07) is 9.31. The molecule has 0 bridgehead atoms. The number of aryl methyl sites for hydroxylation is 1. The molecule has 1 aromatic rings. The van der Waals surface area contributed by atoms with Gasteiger partial charge in [0.15, 0.2) is 5.96 Å². The van der Waals surface area contributed by atoms with Crippen molar-refractivity contribution in [2.75, 3.05) is 13.6 Å². The second-order valence-electron chi connectivity index (χ2n) is 7.79. The van der Waals surface area contributed by atoms with Gasteiger partial charge in [-0.2, -0.15) is 0 Å². The second-order valence-corrected chi connectivity index (χ2v) is 7.79. The molecule has 3 N–H and O–H groups in total. The maximum absolute atomic E-state index is 12.3. The molecule has 27 heavy (non-hydrogen) atoms. The molecule has 1 aliphatic carbocycles. The average Bonchev–Trinajstić information content (AvgIpc) is 2.67. The van der Waals surface area contributed by atoms with Gasteiger partial charge in [0.25, 0.3) is 0 Å². The number of carbonyl (C=O) groups is 1. The Morgan fingerprint density at radius 1 is 1.19 bits per heavy atom. The summed E-state index contributed by atoms with van der Waals surface area (Å²) in [5, 5.41) is 9.96. The number of hydrogen-bond acceptors (Lipinski definition) is 2. The lowest BCUT2D eigenvalue weighted by Crippen LogP contribution is -2.47. The third-order valence-corrected chi connectivity index (χ3v) is 5.18. The third kappa shape index (κ3) is 7.24. The highest BCUT2D eigenvalue weighted by Crippen LogP contribution is 2.24. The van der Waals surface area contributed by atoms with Crippen molar-refractivity contribution in [1.29, 1.82) is 0 Å². The number of carbonyl (C=O) groups excluding carboxylic acids is 1. The molecule has 0 spiro atoms. The highest BCUT2D eigenvalue weighted by atomic mass is 16.1. The van der Waals surface area contributed by atoms with Crippen LogP contribution in [0, 0.1) is 5.92 Å². The van der Waals surface area contributed by atoms with Crippen LogP contribution in [-0.4, -0.2) is 37.5 Å². The average molecular weight is 373 g/mol. The molecule has 2 atom stereocenters. The topological polar surface area (TPSA) is 65.5 Å². The van der Waals surface area contributed by atoms with Gasteiger partial charge >= 0.3 is 0 Å². The first-order valence-electron chi connectivity index (χ1n) is 10.4. The lowest BCUT2D eigenvalue weighted by atomic mass is 9.85. The molecule has 0 aliphatic heterocycles. The lowest BCUT2D eigenvalue weighted by molar-refractivity contribution is -0.126. The minimum absolute atomic E-state index is 0.105. The number of guanidine groups is 1. The van der Waals surface area contributed by atoms with E-state index in [-0.39, 0.29) is 17.9 Å². The van der Waals surface area contributed by atoms with Crippen LogP contribution in [0.4, 0.5) is 0 Å². The van der Waals surface area contributed by atoms with E-state index >= 15 is 0 Å². The Hall–Kier alpha value is -2.04. The minimum atomic E-state index is 0.105. The molecule has 1 saturated carbocycles. The Morgan fingerprint density at radius 3 is 2.52 bits per heavy atom. The number of hydrogen-bond donors (Lipinski definition) is 3. The summed E-state index contributed by atoms with van der Waals surface area (Å²) in [6.45, 7) is 7.04. The molecular formula is C22H36N4O. The molecule has 1 fully saturated rings. The van der Waals surface area contributed by atoms with Crippen LogP contribution < -0.4 is 16.0 Å². The van der Waals surface area contributed by atoms with Crippen molar-refractivity contribution in [2.24, 2.45) is 10.9 Å². The zero-order valence-electron chi connectivity index (χ0n) is 17.3. The Bertz CT molecular complexity index is 609. The van der Waals surface area contributed by atoms with Gasteiger partial charge in [-0.15, -0.1) is 0 Å². The standard InChI is InChI=1S/C22H36N4O/c1-5-17-9-11-18(12-10-17)13-14-24-22(23-4)26-20-8-6-7-19(15-20)21(27)25-16(2)3/h9-12,16,19-20H,5-8,13-15H2,1-4H3,(H,25,27)(H2,23,24,26). The van der Waals surface area contributed by atoms with Gasteiger partial charge in [-0.25, -0.2) is 0 Å². The van der Waals surface area contributed by atoms with Crippen LogP contribution in [0.5, 0.6) is 0 Å². The number of nitrogens with zero attached hydrogens (tertiary/aromatic N) is 1. The number of amides is 1. The van der Waals surface area contributed by atoms with Gasteiger partial charge in [-0.1, -0.05) is 37.6 Å². The Balaban J connectivity index is 1.77. The molecular weight excluding hydrogens is 336 g/mol. The molecule has 0 heterocycles. The van der Waals surface area contributed by atoms with E-state index in [4.69, 9.17) is 0 Å². The van der Waals surface area contributed by atoms with Crippen LogP contribution in [-0.2, 0) is 17.6 Å². The fourth-order valence-electron chi connectivity index (χ4n) is 3.62. The van der Waals surface area contributed by atoms with Crippen molar-refractivity contribution in [3.8, 4) is 0 Å². The first-order valence-corrected chi connectivity index (χ1v) is 10.4. The van der Waals surface area contributed by atoms with Gasteiger partial charge in [0, 0.05) is 31.6 Å². The van der Waals surface area contributed by atoms with Gasteiger partial charge < -0.3 is 16.0 Å². The fraction of sp³-hybridized carbons (Fsp3) is 0.636. The van der Waals surface area contributed by atoms with E-state index in [1.807, 2.05) is 13.8 Å². The van der Waals surface area contributed by atoms with Crippen LogP contribution in [0.3, 0.4) is 0 Å². The number of rotatable bonds is 7. The summed E-state index contributed by atoms with van der Waals surface area (Å²) >= 11 is 0. The first-order chi connectivity index (χ1) is 13.0. The van der Waals surface area contributed by atoms with Crippen molar-refractivity contribution in [3.05, 3.63) is 35.4 Å². The molecule has 1 aliphatic rings. The number of benzene rings is 1. The van der Waals surface area contributed by atoms with Crippen LogP contribution in [0.2, 0.25) is 0 Å². The highest BCUT2D eigenvalue weighted by Gasteiger charge is 2.27. The Kier molecular flexibility index (Phi) is 8.62. The summed E-state index contributed by atoms with van der Waals surface area (Å²) in [5.41, 5.74) is 2.70. The van der Waals surface area contributed by atoms with Gasteiger partial charge in [0.1, 0.15) is 0 Å². The van der Waals surface area contributed by atoms with Gasteiger partial charge in [-0.3, -0.25) is 9.79 Å².